The molecule has 266 valence electrons. The fourth-order valence-corrected chi connectivity index (χ4v) is 5.14. The summed E-state index contributed by atoms with van der Waals surface area (Å²) in [6, 6.07) is 17.6. The minimum Gasteiger partial charge on any atom is -0.445 e. The molecule has 0 aromatic heterocycles. The van der Waals surface area contributed by atoms with Crippen LogP contribution in [0.1, 0.15) is 103 Å². The van der Waals surface area contributed by atoms with Crippen LogP contribution in [0.4, 0.5) is 9.59 Å². The van der Waals surface area contributed by atoms with Crippen LogP contribution in [-0.2, 0) is 32.3 Å². The number of unbranched alkanes of at least 4 members (excludes halogenated alkanes) is 7. The number of benzene rings is 2. The minimum atomic E-state index is -0.637. The molecule has 0 heterocycles. The summed E-state index contributed by atoms with van der Waals surface area (Å²) in [6.07, 6.45) is 8.56. The zero-order valence-corrected chi connectivity index (χ0v) is 29.4. The van der Waals surface area contributed by atoms with Crippen LogP contribution in [0.25, 0.3) is 0 Å². The van der Waals surface area contributed by atoms with Crippen LogP contribution < -0.4 is 21.3 Å². The fourth-order valence-electron chi connectivity index (χ4n) is 5.14. The van der Waals surface area contributed by atoms with Gasteiger partial charge in [0.1, 0.15) is 25.3 Å². The lowest BCUT2D eigenvalue weighted by Crippen LogP contribution is -2.50. The molecule has 10 heteroatoms. The Bertz CT molecular complexity index is 1100. The molecule has 4 amide bonds. The molecule has 4 unspecified atom stereocenters. The van der Waals surface area contributed by atoms with E-state index in [0.29, 0.717) is 13.1 Å². The van der Waals surface area contributed by atoms with Gasteiger partial charge in [-0.05, 0) is 35.8 Å². The molecule has 0 saturated heterocycles. The maximum atomic E-state index is 12.8. The molecule has 0 radical (unpaired) electrons. The van der Waals surface area contributed by atoms with Gasteiger partial charge in [0.05, 0.1) is 0 Å². The average Bonchev–Trinajstić information content (AvgIpc) is 3.11. The van der Waals surface area contributed by atoms with Crippen LogP contribution in [0.5, 0.6) is 0 Å². The van der Waals surface area contributed by atoms with Gasteiger partial charge in [-0.2, -0.15) is 0 Å². The van der Waals surface area contributed by atoms with Crippen LogP contribution in [0.2, 0.25) is 0 Å². The summed E-state index contributed by atoms with van der Waals surface area (Å²) in [7, 11) is 0. The summed E-state index contributed by atoms with van der Waals surface area (Å²) < 4.78 is 10.6. The Morgan fingerprint density at radius 2 is 0.875 bits per heavy atom. The van der Waals surface area contributed by atoms with E-state index < -0.39 is 24.3 Å². The van der Waals surface area contributed by atoms with Gasteiger partial charge in [-0.15, -0.1) is 0 Å². The molecule has 48 heavy (non-hydrogen) atoms. The van der Waals surface area contributed by atoms with E-state index in [-0.39, 0.29) is 36.9 Å². The largest absolute Gasteiger partial charge is 0.445 e. The minimum absolute atomic E-state index is 0.0189. The van der Waals surface area contributed by atoms with Crippen molar-refractivity contribution < 1.29 is 28.7 Å². The fraction of sp³-hybridized carbons (Fsp3) is 0.579. The number of carbonyl (C=O) groups excluding carboxylic acids is 4. The topological polar surface area (TPSA) is 135 Å². The third kappa shape index (κ3) is 16.7. The van der Waals surface area contributed by atoms with Gasteiger partial charge in [0.25, 0.3) is 0 Å². The molecule has 0 saturated carbocycles. The summed E-state index contributed by atoms with van der Waals surface area (Å²) in [6.45, 7) is 9.34. The van der Waals surface area contributed by atoms with Crippen molar-refractivity contribution in [1.29, 1.82) is 0 Å². The highest BCUT2D eigenvalue weighted by atomic mass is 16.6. The van der Waals surface area contributed by atoms with Crippen LogP contribution in [0.3, 0.4) is 0 Å². The molecule has 2 aromatic carbocycles. The van der Waals surface area contributed by atoms with Crippen molar-refractivity contribution in [3.05, 3.63) is 71.8 Å². The van der Waals surface area contributed by atoms with Gasteiger partial charge in [0.2, 0.25) is 11.8 Å². The second-order valence-corrected chi connectivity index (χ2v) is 12.5. The first-order valence-electron chi connectivity index (χ1n) is 17.7. The summed E-state index contributed by atoms with van der Waals surface area (Å²) in [5, 5.41) is 11.4. The molecule has 0 aliphatic heterocycles. The van der Waals surface area contributed by atoms with Gasteiger partial charge in [-0.25, -0.2) is 9.59 Å². The van der Waals surface area contributed by atoms with Gasteiger partial charge in [-0.1, -0.05) is 140 Å². The highest BCUT2D eigenvalue weighted by Crippen LogP contribution is 2.12. The summed E-state index contributed by atoms with van der Waals surface area (Å²) >= 11 is 0. The Morgan fingerprint density at radius 1 is 0.542 bits per heavy atom. The summed E-state index contributed by atoms with van der Waals surface area (Å²) in [5.74, 6) is -0.395. The lowest BCUT2D eigenvalue weighted by Gasteiger charge is -2.23. The third-order valence-corrected chi connectivity index (χ3v) is 8.67. The Morgan fingerprint density at radius 3 is 1.21 bits per heavy atom. The zero-order valence-electron chi connectivity index (χ0n) is 29.4. The molecule has 0 fully saturated rings. The summed E-state index contributed by atoms with van der Waals surface area (Å²) in [5.41, 5.74) is 1.78. The maximum absolute atomic E-state index is 12.8. The molecule has 2 aromatic rings. The number of carbonyl (C=O) groups is 4. The molecule has 10 nitrogen and oxygen atoms in total. The summed E-state index contributed by atoms with van der Waals surface area (Å²) in [4.78, 5) is 50.4. The van der Waals surface area contributed by atoms with Gasteiger partial charge in [0.15, 0.2) is 0 Å². The molecule has 0 spiro atoms. The quantitative estimate of drug-likeness (QED) is 0.0942. The standard InChI is InChI=1S/C38H58N4O6/c1-5-29(3)33(41-37(45)47-27-31-21-15-13-16-22-31)35(43)39-25-19-11-9-7-8-10-12-20-26-40-36(44)34(30(4)6-2)42-38(46)48-28-32-23-17-14-18-24-32/h13-18,21-24,29-30,33-34H,5-12,19-20,25-28H2,1-4H3,(H,39,43)(H,40,44)(H,41,45)(H,42,46). The number of ether oxygens (including phenoxy) is 2. The first-order chi connectivity index (χ1) is 23.2. The number of amides is 4. The number of nitrogens with one attached hydrogen (secondary N) is 4. The van der Waals surface area contributed by atoms with E-state index in [2.05, 4.69) is 21.3 Å². The first kappa shape index (κ1) is 40.1. The van der Waals surface area contributed by atoms with Crippen molar-refractivity contribution >= 4 is 24.0 Å². The van der Waals surface area contributed by atoms with Crippen LogP contribution in [0.15, 0.2) is 60.7 Å². The number of hydrogen-bond donors (Lipinski definition) is 4. The van der Waals surface area contributed by atoms with Gasteiger partial charge >= 0.3 is 12.2 Å². The van der Waals surface area contributed by atoms with Crippen molar-refractivity contribution in [3.8, 4) is 0 Å². The number of alkyl carbamates (subject to hydrolysis) is 2. The highest BCUT2D eigenvalue weighted by molar-refractivity contribution is 5.86. The van der Waals surface area contributed by atoms with E-state index in [1.54, 1.807) is 0 Å². The Balaban J connectivity index is 1.53. The van der Waals surface area contributed by atoms with Crippen LogP contribution in [0, 0.1) is 11.8 Å². The Kier molecular flexibility index (Phi) is 20.1. The van der Waals surface area contributed by atoms with Gasteiger partial charge in [-0.3, -0.25) is 9.59 Å². The number of rotatable bonds is 23. The highest BCUT2D eigenvalue weighted by Gasteiger charge is 2.27. The van der Waals surface area contributed by atoms with Crippen molar-refractivity contribution in [1.82, 2.24) is 21.3 Å². The van der Waals surface area contributed by atoms with Crippen molar-refractivity contribution in [3.63, 3.8) is 0 Å². The van der Waals surface area contributed by atoms with Crippen LogP contribution >= 0.6 is 0 Å². The van der Waals surface area contributed by atoms with Gasteiger partial charge < -0.3 is 30.7 Å². The smallest absolute Gasteiger partial charge is 0.408 e. The van der Waals surface area contributed by atoms with Crippen molar-refractivity contribution in [2.75, 3.05) is 13.1 Å². The number of hydrogen-bond acceptors (Lipinski definition) is 6. The molecule has 0 aliphatic carbocycles. The average molecular weight is 667 g/mol. The molecular formula is C38H58N4O6. The van der Waals surface area contributed by atoms with E-state index in [1.807, 2.05) is 88.4 Å². The second kappa shape index (κ2) is 24.1. The normalized spacial score (nSPS) is 13.3. The lowest BCUT2D eigenvalue weighted by molar-refractivity contribution is -0.125. The molecule has 0 bridgehead atoms. The molecule has 4 atom stereocenters. The van der Waals surface area contributed by atoms with Crippen LogP contribution in [-0.4, -0.2) is 49.2 Å². The third-order valence-electron chi connectivity index (χ3n) is 8.67. The lowest BCUT2D eigenvalue weighted by atomic mass is 9.98. The molecule has 4 N–H and O–H groups in total. The molecule has 2 rings (SSSR count). The van der Waals surface area contributed by atoms with E-state index in [9.17, 15) is 19.2 Å². The predicted molar refractivity (Wildman–Crippen MR) is 189 cm³/mol. The van der Waals surface area contributed by atoms with Gasteiger partial charge in [0, 0.05) is 13.1 Å². The van der Waals surface area contributed by atoms with E-state index in [0.717, 1.165) is 75.3 Å². The van der Waals surface area contributed by atoms with E-state index >= 15 is 0 Å². The Labute approximate surface area is 287 Å². The zero-order chi connectivity index (χ0) is 35.0. The second-order valence-electron chi connectivity index (χ2n) is 12.5. The van der Waals surface area contributed by atoms with E-state index in [4.69, 9.17) is 9.47 Å². The predicted octanol–water partition coefficient (Wildman–Crippen LogP) is 7.02. The molecule has 0 aliphatic rings. The first-order valence-corrected chi connectivity index (χ1v) is 17.7. The van der Waals surface area contributed by atoms with E-state index in [1.165, 1.54) is 0 Å². The van der Waals surface area contributed by atoms with Crippen molar-refractivity contribution in [2.24, 2.45) is 11.8 Å². The SMILES string of the molecule is CCC(C)C(NC(=O)OCc1ccccc1)C(=O)NCCCCCCCCCCNC(=O)C(NC(=O)OCc1ccccc1)C(C)CC. The monoisotopic (exact) mass is 666 g/mol. The maximum Gasteiger partial charge on any atom is 0.408 e. The Hall–Kier alpha value is -4.08. The van der Waals surface area contributed by atoms with Crippen molar-refractivity contribution in [2.45, 2.75) is 117 Å². The molecular weight excluding hydrogens is 608 g/mol.